The Bertz CT molecular complexity index is 1210. The highest BCUT2D eigenvalue weighted by atomic mass is 32.1. The predicted octanol–water partition coefficient (Wildman–Crippen LogP) is 7.44. The van der Waals surface area contributed by atoms with Crippen LogP contribution in [0.3, 0.4) is 0 Å². The van der Waals surface area contributed by atoms with Crippen LogP contribution in [0.25, 0.3) is 10.4 Å². The summed E-state index contributed by atoms with van der Waals surface area (Å²) in [6, 6.07) is 14.7. The monoisotopic (exact) mass is 520 g/mol. The zero-order valence-corrected chi connectivity index (χ0v) is 22.4. The number of ether oxygens (including phenoxy) is 3. The minimum absolute atomic E-state index is 0.121. The Morgan fingerprint density at radius 2 is 1.76 bits per heavy atom. The van der Waals surface area contributed by atoms with E-state index in [4.69, 9.17) is 19.3 Å². The third kappa shape index (κ3) is 6.30. The van der Waals surface area contributed by atoms with Gasteiger partial charge in [0, 0.05) is 16.2 Å². The van der Waals surface area contributed by atoms with Crippen molar-refractivity contribution >= 4 is 17.3 Å². The molecule has 1 N–H and O–H groups in total. The zero-order chi connectivity index (χ0) is 25.6. The molecule has 6 heteroatoms. The molecule has 2 aliphatic rings. The second-order valence-corrected chi connectivity index (χ2v) is 11.2. The van der Waals surface area contributed by atoms with E-state index >= 15 is 0 Å². The number of hydrogen-bond acceptors (Lipinski definition) is 5. The SMILES string of the molecule is CCCOc1cc(-c2cc3c(s2)CCCC3)ccc1OCCCOc1ccc2c(c1)CC[C@H]2CC(=O)O. The number of carboxylic acid groups (broad SMARTS) is 1. The van der Waals surface area contributed by atoms with E-state index in [0.29, 0.717) is 19.8 Å². The van der Waals surface area contributed by atoms with E-state index in [2.05, 4.69) is 31.2 Å². The molecule has 0 amide bonds. The summed E-state index contributed by atoms with van der Waals surface area (Å²) in [4.78, 5) is 13.9. The van der Waals surface area contributed by atoms with Gasteiger partial charge in [0.2, 0.25) is 0 Å². The molecule has 5 nitrogen and oxygen atoms in total. The van der Waals surface area contributed by atoms with Gasteiger partial charge in [-0.15, -0.1) is 11.3 Å². The highest BCUT2D eigenvalue weighted by Gasteiger charge is 2.25. The maximum atomic E-state index is 11.1. The van der Waals surface area contributed by atoms with Crippen molar-refractivity contribution in [2.24, 2.45) is 0 Å². The van der Waals surface area contributed by atoms with Crippen LogP contribution in [0.4, 0.5) is 0 Å². The van der Waals surface area contributed by atoms with Crippen molar-refractivity contribution in [1.29, 1.82) is 0 Å². The minimum atomic E-state index is -0.735. The summed E-state index contributed by atoms with van der Waals surface area (Å²) in [7, 11) is 0. The van der Waals surface area contributed by atoms with Crippen LogP contribution in [0.15, 0.2) is 42.5 Å². The fourth-order valence-corrected chi connectivity index (χ4v) is 6.61. The van der Waals surface area contributed by atoms with Crippen molar-refractivity contribution in [2.75, 3.05) is 19.8 Å². The number of aliphatic carboxylic acids is 1. The molecule has 1 heterocycles. The molecular weight excluding hydrogens is 484 g/mol. The first-order valence-corrected chi connectivity index (χ1v) is 14.4. The second-order valence-electron chi connectivity index (χ2n) is 10.0. The third-order valence-electron chi connectivity index (χ3n) is 7.24. The molecular formula is C31H36O5S. The number of carbonyl (C=O) groups is 1. The Hall–Kier alpha value is -2.99. The van der Waals surface area contributed by atoms with Gasteiger partial charge in [0.15, 0.2) is 11.5 Å². The normalized spacial score (nSPS) is 16.2. The van der Waals surface area contributed by atoms with Crippen LogP contribution in [0, 0.1) is 0 Å². The summed E-state index contributed by atoms with van der Waals surface area (Å²) in [5, 5.41) is 9.12. The summed E-state index contributed by atoms with van der Waals surface area (Å²) in [6.07, 6.45) is 8.72. The first-order chi connectivity index (χ1) is 18.1. The number of thiophene rings is 1. The summed E-state index contributed by atoms with van der Waals surface area (Å²) in [6.45, 7) is 3.87. The first-order valence-electron chi connectivity index (χ1n) is 13.6. The van der Waals surface area contributed by atoms with Gasteiger partial charge < -0.3 is 19.3 Å². The second kappa shape index (κ2) is 12.0. The van der Waals surface area contributed by atoms with Crippen molar-refractivity contribution in [3.63, 3.8) is 0 Å². The van der Waals surface area contributed by atoms with Crippen molar-refractivity contribution in [2.45, 2.75) is 70.6 Å². The van der Waals surface area contributed by atoms with Crippen LogP contribution < -0.4 is 14.2 Å². The van der Waals surface area contributed by atoms with Crippen molar-refractivity contribution in [3.8, 4) is 27.7 Å². The fraction of sp³-hybridized carbons (Fsp3) is 0.452. The maximum absolute atomic E-state index is 11.1. The van der Waals surface area contributed by atoms with Crippen molar-refractivity contribution in [1.82, 2.24) is 0 Å². The highest BCUT2D eigenvalue weighted by molar-refractivity contribution is 7.15. The lowest BCUT2D eigenvalue weighted by Crippen LogP contribution is -2.07. The smallest absolute Gasteiger partial charge is 0.303 e. The van der Waals surface area contributed by atoms with E-state index < -0.39 is 5.97 Å². The molecule has 0 spiro atoms. The molecule has 5 rings (SSSR count). The van der Waals surface area contributed by atoms with Gasteiger partial charge in [-0.2, -0.15) is 0 Å². The van der Waals surface area contributed by atoms with E-state index in [1.54, 1.807) is 4.88 Å². The van der Waals surface area contributed by atoms with Crippen LogP contribution in [0.5, 0.6) is 17.2 Å². The Labute approximate surface area is 223 Å². The molecule has 0 saturated carbocycles. The summed E-state index contributed by atoms with van der Waals surface area (Å²) in [5.74, 6) is 1.81. The van der Waals surface area contributed by atoms with Crippen molar-refractivity contribution < 1.29 is 24.1 Å². The molecule has 3 aromatic rings. The third-order valence-corrected chi connectivity index (χ3v) is 8.53. The Morgan fingerprint density at radius 3 is 2.59 bits per heavy atom. The standard InChI is InChI=1S/C31H36O5S/c1-2-14-35-28-18-24(30-19-23-6-3-4-7-29(23)37-30)10-13-27(28)36-16-5-15-34-25-11-12-26-21(17-25)8-9-22(26)20-31(32)33/h10-13,17-19,22H,2-9,14-16,20H2,1H3,(H,32,33)/t22-/m0/s1. The molecule has 196 valence electrons. The Morgan fingerprint density at radius 1 is 0.919 bits per heavy atom. The maximum Gasteiger partial charge on any atom is 0.303 e. The van der Waals surface area contributed by atoms with Crippen LogP contribution in [-0.4, -0.2) is 30.9 Å². The lowest BCUT2D eigenvalue weighted by atomic mass is 9.98. The van der Waals surface area contributed by atoms with E-state index in [-0.39, 0.29) is 12.3 Å². The van der Waals surface area contributed by atoms with Gasteiger partial charge in [0.1, 0.15) is 5.75 Å². The molecule has 0 fully saturated rings. The number of benzene rings is 2. The molecule has 1 atom stereocenters. The fourth-order valence-electron chi connectivity index (χ4n) is 5.36. The molecule has 2 aliphatic carbocycles. The average Bonchev–Trinajstić information content (AvgIpc) is 3.51. The van der Waals surface area contributed by atoms with Crippen molar-refractivity contribution in [3.05, 3.63) is 64.0 Å². The summed E-state index contributed by atoms with van der Waals surface area (Å²) < 4.78 is 18.1. The van der Waals surface area contributed by atoms with Gasteiger partial charge in [-0.3, -0.25) is 4.79 Å². The molecule has 0 saturated heterocycles. The topological polar surface area (TPSA) is 65.0 Å². The van der Waals surface area contributed by atoms with Gasteiger partial charge in [-0.05, 0) is 110 Å². The van der Waals surface area contributed by atoms with Gasteiger partial charge >= 0.3 is 5.97 Å². The van der Waals surface area contributed by atoms with Crippen LogP contribution in [0.1, 0.15) is 72.9 Å². The first kappa shape index (κ1) is 25.7. The summed E-state index contributed by atoms with van der Waals surface area (Å²) >= 11 is 1.92. The van der Waals surface area contributed by atoms with E-state index in [0.717, 1.165) is 48.5 Å². The molecule has 0 bridgehead atoms. The average molecular weight is 521 g/mol. The van der Waals surface area contributed by atoms with Gasteiger partial charge in [-0.1, -0.05) is 13.0 Å². The van der Waals surface area contributed by atoms with Crippen LogP contribution in [0.2, 0.25) is 0 Å². The van der Waals surface area contributed by atoms with Gasteiger partial charge in [0.05, 0.1) is 26.2 Å². The number of fused-ring (bicyclic) bond motifs is 2. The highest BCUT2D eigenvalue weighted by Crippen LogP contribution is 2.40. The lowest BCUT2D eigenvalue weighted by molar-refractivity contribution is -0.137. The quantitative estimate of drug-likeness (QED) is 0.252. The number of carboxylic acids is 1. The molecule has 0 unspecified atom stereocenters. The van der Waals surface area contributed by atoms with Gasteiger partial charge in [0.25, 0.3) is 0 Å². The molecule has 1 aromatic heterocycles. The van der Waals surface area contributed by atoms with Crippen LogP contribution in [-0.2, 0) is 24.1 Å². The number of aryl methyl sites for hydroxylation is 3. The molecule has 37 heavy (non-hydrogen) atoms. The minimum Gasteiger partial charge on any atom is -0.493 e. The van der Waals surface area contributed by atoms with Gasteiger partial charge in [-0.25, -0.2) is 0 Å². The predicted molar refractivity (Wildman–Crippen MR) is 148 cm³/mol. The summed E-state index contributed by atoms with van der Waals surface area (Å²) in [5.41, 5.74) is 5.09. The van der Waals surface area contributed by atoms with Crippen LogP contribution >= 0.6 is 11.3 Å². The lowest BCUT2D eigenvalue weighted by Gasteiger charge is -2.14. The molecule has 0 radical (unpaired) electrons. The zero-order valence-electron chi connectivity index (χ0n) is 21.6. The number of hydrogen-bond donors (Lipinski definition) is 1. The van der Waals surface area contributed by atoms with E-state index in [1.165, 1.54) is 47.3 Å². The number of rotatable bonds is 12. The molecule has 2 aromatic carbocycles. The Balaban J connectivity index is 1.15. The Kier molecular flexibility index (Phi) is 8.34. The van der Waals surface area contributed by atoms with E-state index in [9.17, 15) is 4.79 Å². The largest absolute Gasteiger partial charge is 0.493 e. The van der Waals surface area contributed by atoms with E-state index in [1.807, 2.05) is 29.5 Å². The molecule has 0 aliphatic heterocycles.